The van der Waals surface area contributed by atoms with E-state index in [1.165, 1.54) is 7.11 Å². The number of fused-ring (bicyclic) bond motifs is 1. The van der Waals surface area contributed by atoms with Crippen LogP contribution in [-0.2, 0) is 9.53 Å². The molecule has 0 spiro atoms. The molecule has 1 aromatic rings. The highest BCUT2D eigenvalue weighted by Crippen LogP contribution is 2.35. The summed E-state index contributed by atoms with van der Waals surface area (Å²) in [5.74, 6) is 1.02. The van der Waals surface area contributed by atoms with Crippen LogP contribution in [0.2, 0.25) is 0 Å². The molecule has 0 radical (unpaired) electrons. The van der Waals surface area contributed by atoms with Gasteiger partial charge in [-0.25, -0.2) is 4.79 Å². The Kier molecular flexibility index (Phi) is 3.32. The maximum Gasteiger partial charge on any atom is 0.337 e. The lowest BCUT2D eigenvalue weighted by Crippen LogP contribution is -2.16. The van der Waals surface area contributed by atoms with Gasteiger partial charge < -0.3 is 14.2 Å². The Hall–Kier alpha value is -1.97. The molecule has 1 aromatic carbocycles. The zero-order valence-electron chi connectivity index (χ0n) is 9.86. The second-order valence-corrected chi connectivity index (χ2v) is 3.56. The van der Waals surface area contributed by atoms with Gasteiger partial charge >= 0.3 is 5.97 Å². The number of hydrogen-bond donors (Lipinski definition) is 0. The van der Waals surface area contributed by atoms with Crippen LogP contribution in [0.5, 0.6) is 11.5 Å². The monoisotopic (exact) mass is 234 g/mol. The molecule has 90 valence electrons. The molecule has 1 aliphatic rings. The fourth-order valence-electron chi connectivity index (χ4n) is 1.70. The Morgan fingerprint density at radius 1 is 1.47 bits per heavy atom. The Bertz CT molecular complexity index is 462. The largest absolute Gasteiger partial charge is 0.490 e. The molecule has 0 unspecified atom stereocenters. The van der Waals surface area contributed by atoms with E-state index in [0.29, 0.717) is 23.7 Å². The van der Waals surface area contributed by atoms with Crippen LogP contribution in [0.4, 0.5) is 0 Å². The summed E-state index contributed by atoms with van der Waals surface area (Å²) >= 11 is 0. The van der Waals surface area contributed by atoms with E-state index in [1.807, 2.05) is 25.1 Å². The van der Waals surface area contributed by atoms with Crippen molar-refractivity contribution in [3.8, 4) is 11.5 Å². The normalized spacial score (nSPS) is 13.2. The predicted octanol–water partition coefficient (Wildman–Crippen LogP) is 2.03. The minimum absolute atomic E-state index is 0.212. The Balaban J connectivity index is 2.36. The van der Waals surface area contributed by atoms with Crippen molar-refractivity contribution in [3.63, 3.8) is 0 Å². The van der Waals surface area contributed by atoms with Crippen LogP contribution < -0.4 is 9.47 Å². The van der Waals surface area contributed by atoms with Gasteiger partial charge in [-0.2, -0.15) is 0 Å². The Labute approximate surface area is 99.8 Å². The van der Waals surface area contributed by atoms with E-state index in [0.717, 1.165) is 5.56 Å². The minimum atomic E-state index is -0.363. The summed E-state index contributed by atoms with van der Waals surface area (Å²) < 4.78 is 15.7. The summed E-state index contributed by atoms with van der Waals surface area (Å²) in [6.07, 6.45) is 1.77. The first-order chi connectivity index (χ1) is 8.26. The van der Waals surface area contributed by atoms with Gasteiger partial charge in [0.1, 0.15) is 6.61 Å². The number of rotatable bonds is 3. The van der Waals surface area contributed by atoms with Crippen molar-refractivity contribution in [2.24, 2.45) is 0 Å². The van der Waals surface area contributed by atoms with Crippen molar-refractivity contribution in [3.05, 3.63) is 29.3 Å². The molecular formula is C13H14O4. The second kappa shape index (κ2) is 4.91. The van der Waals surface area contributed by atoms with Gasteiger partial charge in [0.05, 0.1) is 19.3 Å². The van der Waals surface area contributed by atoms with Crippen molar-refractivity contribution in [1.29, 1.82) is 0 Å². The van der Waals surface area contributed by atoms with Crippen LogP contribution in [0.1, 0.15) is 12.5 Å². The molecule has 0 saturated heterocycles. The number of esters is 1. The van der Waals surface area contributed by atoms with Crippen molar-refractivity contribution >= 4 is 12.0 Å². The molecule has 0 amide bonds. The zero-order valence-corrected chi connectivity index (χ0v) is 9.86. The second-order valence-electron chi connectivity index (χ2n) is 3.56. The van der Waals surface area contributed by atoms with E-state index in [1.54, 1.807) is 6.08 Å². The maximum atomic E-state index is 11.4. The van der Waals surface area contributed by atoms with Gasteiger partial charge in [0.15, 0.2) is 11.5 Å². The van der Waals surface area contributed by atoms with Crippen LogP contribution in [0.25, 0.3) is 6.08 Å². The third-order valence-electron chi connectivity index (χ3n) is 2.46. The molecule has 0 fully saturated rings. The zero-order chi connectivity index (χ0) is 12.3. The summed E-state index contributed by atoms with van der Waals surface area (Å²) in [7, 11) is 1.36. The van der Waals surface area contributed by atoms with E-state index in [-0.39, 0.29) is 12.6 Å². The summed E-state index contributed by atoms with van der Waals surface area (Å²) in [6.45, 7) is 2.70. The molecular weight excluding hydrogens is 220 g/mol. The van der Waals surface area contributed by atoms with Crippen LogP contribution in [0.3, 0.4) is 0 Å². The van der Waals surface area contributed by atoms with Gasteiger partial charge in [0, 0.05) is 5.56 Å². The Morgan fingerprint density at radius 2 is 2.29 bits per heavy atom. The summed E-state index contributed by atoms with van der Waals surface area (Å²) in [4.78, 5) is 11.4. The van der Waals surface area contributed by atoms with Crippen molar-refractivity contribution < 1.29 is 19.0 Å². The molecule has 0 saturated carbocycles. The lowest BCUT2D eigenvalue weighted by atomic mass is 10.1. The van der Waals surface area contributed by atoms with E-state index in [2.05, 4.69) is 4.74 Å². The van der Waals surface area contributed by atoms with Crippen molar-refractivity contribution in [1.82, 2.24) is 0 Å². The van der Waals surface area contributed by atoms with Crippen molar-refractivity contribution in [2.75, 3.05) is 20.3 Å². The number of carbonyl (C=O) groups excluding carboxylic acids is 1. The quantitative estimate of drug-likeness (QED) is 0.751. The minimum Gasteiger partial charge on any atom is -0.490 e. The van der Waals surface area contributed by atoms with Gasteiger partial charge in [0.2, 0.25) is 0 Å². The van der Waals surface area contributed by atoms with Gasteiger partial charge in [-0.05, 0) is 19.1 Å². The van der Waals surface area contributed by atoms with E-state index in [4.69, 9.17) is 9.47 Å². The topological polar surface area (TPSA) is 44.8 Å². The SMILES string of the molecule is CCOc1cccc2c1OCC(C(=O)OC)=C2. The first-order valence-corrected chi connectivity index (χ1v) is 5.43. The summed E-state index contributed by atoms with van der Waals surface area (Å²) in [5, 5.41) is 0. The third-order valence-corrected chi connectivity index (χ3v) is 2.46. The average Bonchev–Trinajstić information content (AvgIpc) is 2.38. The smallest absolute Gasteiger partial charge is 0.337 e. The van der Waals surface area contributed by atoms with E-state index in [9.17, 15) is 4.79 Å². The molecule has 0 N–H and O–H groups in total. The lowest BCUT2D eigenvalue weighted by Gasteiger charge is -2.19. The van der Waals surface area contributed by atoms with Crippen LogP contribution in [0.15, 0.2) is 23.8 Å². The first-order valence-electron chi connectivity index (χ1n) is 5.43. The summed E-state index contributed by atoms with van der Waals surface area (Å²) in [5.41, 5.74) is 1.34. The maximum absolute atomic E-state index is 11.4. The van der Waals surface area contributed by atoms with E-state index >= 15 is 0 Å². The molecule has 0 atom stereocenters. The number of hydrogen-bond acceptors (Lipinski definition) is 4. The number of benzene rings is 1. The summed E-state index contributed by atoms with van der Waals surface area (Å²) in [6, 6.07) is 5.59. The van der Waals surface area contributed by atoms with Gasteiger partial charge in [-0.15, -0.1) is 0 Å². The van der Waals surface area contributed by atoms with E-state index < -0.39 is 0 Å². The fourth-order valence-corrected chi connectivity index (χ4v) is 1.70. The predicted molar refractivity (Wildman–Crippen MR) is 63.1 cm³/mol. The molecule has 0 aliphatic carbocycles. The molecule has 4 heteroatoms. The van der Waals surface area contributed by atoms with Crippen LogP contribution in [-0.4, -0.2) is 26.3 Å². The number of ether oxygens (including phenoxy) is 3. The van der Waals surface area contributed by atoms with Gasteiger partial charge in [0.25, 0.3) is 0 Å². The van der Waals surface area contributed by atoms with Crippen LogP contribution in [0, 0.1) is 0 Å². The number of para-hydroxylation sites is 1. The molecule has 1 aliphatic heterocycles. The first kappa shape index (κ1) is 11.5. The van der Waals surface area contributed by atoms with Crippen LogP contribution >= 0.6 is 0 Å². The molecule has 2 rings (SSSR count). The highest BCUT2D eigenvalue weighted by molar-refractivity contribution is 5.95. The lowest BCUT2D eigenvalue weighted by molar-refractivity contribution is -0.136. The van der Waals surface area contributed by atoms with Gasteiger partial charge in [-0.3, -0.25) is 0 Å². The number of methoxy groups -OCH3 is 1. The van der Waals surface area contributed by atoms with Crippen molar-refractivity contribution in [2.45, 2.75) is 6.92 Å². The average molecular weight is 234 g/mol. The molecule has 4 nitrogen and oxygen atoms in total. The highest BCUT2D eigenvalue weighted by Gasteiger charge is 2.20. The number of carbonyl (C=O) groups is 1. The fraction of sp³-hybridized carbons (Fsp3) is 0.308. The molecule has 17 heavy (non-hydrogen) atoms. The molecule has 0 aromatic heterocycles. The third kappa shape index (κ3) is 2.25. The standard InChI is InChI=1S/C13H14O4/c1-3-16-11-6-4-5-9-7-10(13(14)15-2)8-17-12(9)11/h4-7H,3,8H2,1-2H3. The van der Waals surface area contributed by atoms with Gasteiger partial charge in [-0.1, -0.05) is 12.1 Å². The molecule has 0 bridgehead atoms. The Morgan fingerprint density at radius 3 is 3.00 bits per heavy atom. The highest BCUT2D eigenvalue weighted by atomic mass is 16.5. The molecule has 1 heterocycles.